The zero-order chi connectivity index (χ0) is 19.9. The number of aromatic nitrogens is 2. The summed E-state index contributed by atoms with van der Waals surface area (Å²) in [7, 11) is 0. The summed E-state index contributed by atoms with van der Waals surface area (Å²) in [6.07, 6.45) is 2.18. The third kappa shape index (κ3) is 4.99. The maximum atomic E-state index is 13.8. The fourth-order valence-corrected chi connectivity index (χ4v) is 2.97. The second-order valence-corrected chi connectivity index (χ2v) is 6.53. The average molecular weight is 388 g/mol. The Hall–Kier alpha value is -3.67. The first-order valence-corrected chi connectivity index (χ1v) is 9.46. The molecule has 29 heavy (non-hydrogen) atoms. The van der Waals surface area contributed by atoms with Crippen molar-refractivity contribution in [1.29, 1.82) is 0 Å². The van der Waals surface area contributed by atoms with E-state index in [1.54, 1.807) is 18.4 Å². The van der Waals surface area contributed by atoms with Crippen LogP contribution in [0.5, 0.6) is 0 Å². The highest BCUT2D eigenvalue weighted by molar-refractivity contribution is 5.64. The van der Waals surface area contributed by atoms with Crippen LogP contribution in [-0.4, -0.2) is 16.5 Å². The molecule has 0 aliphatic carbocycles. The summed E-state index contributed by atoms with van der Waals surface area (Å²) in [5.74, 6) is 1.79. The van der Waals surface area contributed by atoms with Crippen molar-refractivity contribution in [3.05, 3.63) is 96.2 Å². The Kier molecular flexibility index (Phi) is 5.81. The lowest BCUT2D eigenvalue weighted by Gasteiger charge is -2.11. The van der Waals surface area contributed by atoms with E-state index in [1.807, 2.05) is 54.6 Å². The van der Waals surface area contributed by atoms with Crippen LogP contribution < -0.4 is 10.6 Å². The van der Waals surface area contributed by atoms with Gasteiger partial charge in [-0.25, -0.2) is 9.37 Å². The summed E-state index contributed by atoms with van der Waals surface area (Å²) < 4.78 is 19.2. The van der Waals surface area contributed by atoms with Gasteiger partial charge >= 0.3 is 0 Å². The molecule has 0 bridgehead atoms. The van der Waals surface area contributed by atoms with E-state index in [1.165, 1.54) is 6.07 Å². The minimum atomic E-state index is -0.200. The minimum Gasteiger partial charge on any atom is -0.467 e. The van der Waals surface area contributed by atoms with Crippen LogP contribution in [-0.2, 0) is 13.0 Å². The molecule has 0 spiro atoms. The van der Waals surface area contributed by atoms with E-state index >= 15 is 0 Å². The van der Waals surface area contributed by atoms with Crippen LogP contribution in [0, 0.1) is 5.82 Å². The zero-order valence-corrected chi connectivity index (χ0v) is 15.8. The Morgan fingerprint density at radius 1 is 0.862 bits per heavy atom. The van der Waals surface area contributed by atoms with E-state index in [0.29, 0.717) is 36.8 Å². The number of nitrogens with one attached hydrogen (secondary N) is 2. The molecule has 2 N–H and O–H groups in total. The van der Waals surface area contributed by atoms with Crippen LogP contribution in [0.1, 0.15) is 11.3 Å². The number of hydrogen-bond donors (Lipinski definition) is 2. The first-order chi connectivity index (χ1) is 14.3. The summed E-state index contributed by atoms with van der Waals surface area (Å²) in [4.78, 5) is 9.17. The number of anilines is 2. The highest BCUT2D eigenvalue weighted by atomic mass is 19.1. The number of halogens is 1. The Morgan fingerprint density at radius 3 is 2.48 bits per heavy atom. The van der Waals surface area contributed by atoms with Gasteiger partial charge < -0.3 is 15.1 Å². The highest BCUT2D eigenvalue weighted by Gasteiger charge is 2.08. The third-order valence-corrected chi connectivity index (χ3v) is 4.45. The quantitative estimate of drug-likeness (QED) is 0.437. The van der Waals surface area contributed by atoms with Crippen molar-refractivity contribution in [2.75, 3.05) is 17.2 Å². The molecule has 0 radical (unpaired) electrons. The number of rotatable bonds is 8. The monoisotopic (exact) mass is 388 g/mol. The first-order valence-electron chi connectivity index (χ1n) is 9.46. The molecule has 2 heterocycles. The van der Waals surface area contributed by atoms with E-state index in [4.69, 9.17) is 4.42 Å². The molecule has 4 aromatic rings. The fraction of sp³-hybridized carbons (Fsp3) is 0.130. The van der Waals surface area contributed by atoms with Crippen LogP contribution >= 0.6 is 0 Å². The SMILES string of the molecule is Fc1ccccc1CCNc1nc(NCc2ccco2)cc(-c2ccccc2)n1. The van der Waals surface area contributed by atoms with E-state index in [-0.39, 0.29) is 5.82 Å². The molecule has 146 valence electrons. The molecular weight excluding hydrogens is 367 g/mol. The molecule has 0 unspecified atom stereocenters. The molecule has 2 aromatic heterocycles. The molecule has 2 aromatic carbocycles. The maximum absolute atomic E-state index is 13.8. The Bertz CT molecular complexity index is 1050. The molecule has 6 heteroatoms. The van der Waals surface area contributed by atoms with Gasteiger partial charge in [-0.1, -0.05) is 48.5 Å². The number of benzene rings is 2. The van der Waals surface area contributed by atoms with E-state index < -0.39 is 0 Å². The van der Waals surface area contributed by atoms with Gasteiger partial charge in [0.1, 0.15) is 17.4 Å². The number of furan rings is 1. The molecule has 0 atom stereocenters. The predicted molar refractivity (Wildman–Crippen MR) is 112 cm³/mol. The van der Waals surface area contributed by atoms with Crippen LogP contribution in [0.4, 0.5) is 16.2 Å². The standard InChI is InChI=1S/C23H21FN4O/c24-20-11-5-4-7-17(20)12-13-25-23-27-21(18-8-2-1-3-9-18)15-22(28-23)26-16-19-10-6-14-29-19/h1-11,14-15H,12-13,16H2,(H2,25,26,27,28). The minimum absolute atomic E-state index is 0.200. The lowest BCUT2D eigenvalue weighted by atomic mass is 10.1. The van der Waals surface area contributed by atoms with Crippen molar-refractivity contribution in [1.82, 2.24) is 9.97 Å². The molecule has 4 rings (SSSR count). The van der Waals surface area contributed by atoms with E-state index in [9.17, 15) is 4.39 Å². The average Bonchev–Trinajstić information content (AvgIpc) is 3.28. The summed E-state index contributed by atoms with van der Waals surface area (Å²) >= 11 is 0. The summed E-state index contributed by atoms with van der Waals surface area (Å²) in [5, 5.41) is 6.48. The second-order valence-electron chi connectivity index (χ2n) is 6.53. The lowest BCUT2D eigenvalue weighted by Crippen LogP contribution is -2.11. The number of hydrogen-bond acceptors (Lipinski definition) is 5. The Balaban J connectivity index is 1.51. The van der Waals surface area contributed by atoms with Gasteiger partial charge in [0.25, 0.3) is 0 Å². The zero-order valence-electron chi connectivity index (χ0n) is 15.8. The molecule has 0 saturated heterocycles. The van der Waals surface area contributed by atoms with E-state index in [2.05, 4.69) is 20.6 Å². The Morgan fingerprint density at radius 2 is 1.69 bits per heavy atom. The van der Waals surface area contributed by atoms with Gasteiger partial charge in [-0.3, -0.25) is 0 Å². The first kappa shape index (κ1) is 18.7. The summed E-state index contributed by atoms with van der Waals surface area (Å²) in [6, 6.07) is 22.3. The molecular formula is C23H21FN4O. The largest absolute Gasteiger partial charge is 0.467 e. The second kappa shape index (κ2) is 9.01. The fourth-order valence-electron chi connectivity index (χ4n) is 2.97. The van der Waals surface area contributed by atoms with Crippen molar-refractivity contribution in [3.8, 4) is 11.3 Å². The normalized spacial score (nSPS) is 10.7. The van der Waals surface area contributed by atoms with Gasteiger partial charge in [0, 0.05) is 18.2 Å². The van der Waals surface area contributed by atoms with Gasteiger partial charge in [0.05, 0.1) is 18.5 Å². The summed E-state index contributed by atoms with van der Waals surface area (Å²) in [6.45, 7) is 1.05. The smallest absolute Gasteiger partial charge is 0.225 e. The van der Waals surface area contributed by atoms with Crippen molar-refractivity contribution in [2.45, 2.75) is 13.0 Å². The predicted octanol–water partition coefficient (Wildman–Crippen LogP) is 5.14. The van der Waals surface area contributed by atoms with Crippen LogP contribution in [0.25, 0.3) is 11.3 Å². The molecule has 0 fully saturated rings. The van der Waals surface area contributed by atoms with Gasteiger partial charge in [0.2, 0.25) is 5.95 Å². The van der Waals surface area contributed by atoms with E-state index in [0.717, 1.165) is 17.0 Å². The number of nitrogens with zero attached hydrogens (tertiary/aromatic N) is 2. The Labute approximate surface area is 168 Å². The van der Waals surface area contributed by atoms with Crippen molar-refractivity contribution in [2.24, 2.45) is 0 Å². The highest BCUT2D eigenvalue weighted by Crippen LogP contribution is 2.22. The van der Waals surface area contributed by atoms with Gasteiger partial charge in [-0.15, -0.1) is 0 Å². The van der Waals surface area contributed by atoms with Crippen LogP contribution in [0.15, 0.2) is 83.5 Å². The maximum Gasteiger partial charge on any atom is 0.225 e. The molecule has 5 nitrogen and oxygen atoms in total. The van der Waals surface area contributed by atoms with Gasteiger partial charge in [-0.2, -0.15) is 4.98 Å². The molecule has 0 aliphatic rings. The molecule has 0 aliphatic heterocycles. The third-order valence-electron chi connectivity index (χ3n) is 4.45. The summed E-state index contributed by atoms with van der Waals surface area (Å²) in [5.41, 5.74) is 2.46. The molecule has 0 saturated carbocycles. The van der Waals surface area contributed by atoms with Crippen LogP contribution in [0.3, 0.4) is 0 Å². The van der Waals surface area contributed by atoms with Crippen molar-refractivity contribution in [3.63, 3.8) is 0 Å². The molecule has 0 amide bonds. The van der Waals surface area contributed by atoms with Crippen LogP contribution in [0.2, 0.25) is 0 Å². The topological polar surface area (TPSA) is 63.0 Å². The van der Waals surface area contributed by atoms with Gasteiger partial charge in [-0.05, 0) is 30.2 Å². The van der Waals surface area contributed by atoms with Gasteiger partial charge in [0.15, 0.2) is 0 Å². The van der Waals surface area contributed by atoms with Crippen molar-refractivity contribution < 1.29 is 8.81 Å². The lowest BCUT2D eigenvalue weighted by molar-refractivity contribution is 0.518. The van der Waals surface area contributed by atoms with Crippen molar-refractivity contribution >= 4 is 11.8 Å².